The molecule has 0 radical (unpaired) electrons. The molecule has 0 N–H and O–H groups in total. The van der Waals surface area contributed by atoms with E-state index in [1.807, 2.05) is 13.0 Å². The molecular weight excluding hydrogens is 302 g/mol. The van der Waals surface area contributed by atoms with Crippen molar-refractivity contribution >= 4 is 15.7 Å². The van der Waals surface area contributed by atoms with Gasteiger partial charge < -0.3 is 9.32 Å². The fourth-order valence-corrected chi connectivity index (χ4v) is 3.30. The number of furan rings is 1. The van der Waals surface area contributed by atoms with Crippen LogP contribution in [0, 0.1) is 6.92 Å². The first kappa shape index (κ1) is 16.3. The number of rotatable bonds is 6. The Bertz CT molecular complexity index is 735. The zero-order valence-electron chi connectivity index (χ0n) is 12.7. The number of carbonyl (C=O) groups excluding carboxylic acids is 1. The maximum atomic E-state index is 12.1. The van der Waals surface area contributed by atoms with Crippen LogP contribution in [0.5, 0.6) is 0 Å². The molecule has 0 atom stereocenters. The molecule has 0 saturated heterocycles. The summed E-state index contributed by atoms with van der Waals surface area (Å²) in [6, 6.07) is 11.8. The van der Waals surface area contributed by atoms with Gasteiger partial charge in [-0.05, 0) is 31.2 Å². The first-order valence-electron chi connectivity index (χ1n) is 6.95. The highest BCUT2D eigenvalue weighted by Gasteiger charge is 2.18. The van der Waals surface area contributed by atoms with E-state index in [1.54, 1.807) is 31.3 Å². The van der Waals surface area contributed by atoms with Crippen molar-refractivity contribution in [3.05, 3.63) is 54.0 Å². The second kappa shape index (κ2) is 6.79. The molecule has 2 rings (SSSR count). The number of amides is 1. The summed E-state index contributed by atoms with van der Waals surface area (Å²) in [5, 5.41) is 0. The third kappa shape index (κ3) is 4.21. The van der Waals surface area contributed by atoms with Crippen LogP contribution in [-0.4, -0.2) is 32.0 Å². The van der Waals surface area contributed by atoms with E-state index in [2.05, 4.69) is 0 Å². The summed E-state index contributed by atoms with van der Waals surface area (Å²) in [5.74, 6) is 1.03. The van der Waals surface area contributed by atoms with E-state index in [0.29, 0.717) is 12.3 Å². The average molecular weight is 321 g/mol. The molecule has 0 unspecified atom stereocenters. The van der Waals surface area contributed by atoms with Gasteiger partial charge in [0, 0.05) is 13.5 Å². The van der Waals surface area contributed by atoms with Gasteiger partial charge in [0.1, 0.15) is 11.5 Å². The van der Waals surface area contributed by atoms with Gasteiger partial charge in [0.2, 0.25) is 5.91 Å². The van der Waals surface area contributed by atoms with Gasteiger partial charge >= 0.3 is 0 Å². The molecule has 0 aliphatic heterocycles. The maximum absolute atomic E-state index is 12.1. The highest BCUT2D eigenvalue weighted by molar-refractivity contribution is 7.91. The van der Waals surface area contributed by atoms with Gasteiger partial charge in [-0.25, -0.2) is 8.42 Å². The van der Waals surface area contributed by atoms with Crippen molar-refractivity contribution in [2.75, 3.05) is 12.8 Å². The van der Waals surface area contributed by atoms with Gasteiger partial charge in [-0.1, -0.05) is 18.2 Å². The Morgan fingerprint density at radius 2 is 1.82 bits per heavy atom. The Morgan fingerprint density at radius 3 is 2.41 bits per heavy atom. The predicted molar refractivity (Wildman–Crippen MR) is 83.0 cm³/mol. The Balaban J connectivity index is 1.92. The smallest absolute Gasteiger partial charge is 0.223 e. The first-order chi connectivity index (χ1) is 10.4. The Morgan fingerprint density at radius 1 is 1.14 bits per heavy atom. The van der Waals surface area contributed by atoms with Crippen LogP contribution < -0.4 is 0 Å². The number of nitrogens with zero attached hydrogens (tertiary/aromatic N) is 1. The predicted octanol–water partition coefficient (Wildman–Crippen LogP) is 2.41. The van der Waals surface area contributed by atoms with Gasteiger partial charge in [-0.3, -0.25) is 4.79 Å². The normalized spacial score (nSPS) is 11.4. The van der Waals surface area contributed by atoms with Crippen LogP contribution >= 0.6 is 0 Å². The van der Waals surface area contributed by atoms with Gasteiger partial charge in [-0.15, -0.1) is 0 Å². The summed E-state index contributed by atoms with van der Waals surface area (Å²) in [7, 11) is -1.79. The van der Waals surface area contributed by atoms with E-state index < -0.39 is 9.84 Å². The zero-order chi connectivity index (χ0) is 16.2. The lowest BCUT2D eigenvalue weighted by Crippen LogP contribution is -2.27. The molecular formula is C16H19NO4S. The minimum absolute atomic E-state index is 0.0482. The van der Waals surface area contributed by atoms with Crippen LogP contribution in [0.1, 0.15) is 17.9 Å². The lowest BCUT2D eigenvalue weighted by molar-refractivity contribution is -0.130. The molecule has 1 amide bonds. The van der Waals surface area contributed by atoms with E-state index >= 15 is 0 Å². The molecule has 0 fully saturated rings. The topological polar surface area (TPSA) is 67.6 Å². The number of benzene rings is 1. The summed E-state index contributed by atoms with van der Waals surface area (Å²) in [6.07, 6.45) is -0.0482. The molecule has 6 heteroatoms. The molecule has 0 bridgehead atoms. The Labute approximate surface area is 130 Å². The molecule has 118 valence electrons. The van der Waals surface area contributed by atoms with E-state index in [-0.39, 0.29) is 23.0 Å². The van der Waals surface area contributed by atoms with Gasteiger partial charge in [0.05, 0.1) is 17.2 Å². The van der Waals surface area contributed by atoms with Crippen LogP contribution in [0.2, 0.25) is 0 Å². The van der Waals surface area contributed by atoms with Crippen LogP contribution in [0.15, 0.2) is 51.8 Å². The highest BCUT2D eigenvalue weighted by Crippen LogP contribution is 2.13. The largest absolute Gasteiger partial charge is 0.464 e. The van der Waals surface area contributed by atoms with Crippen LogP contribution in [0.3, 0.4) is 0 Å². The SMILES string of the molecule is Cc1ccc(CN(C)C(=O)CCS(=O)(=O)c2ccccc2)o1. The van der Waals surface area contributed by atoms with E-state index in [4.69, 9.17) is 4.42 Å². The number of hydrogen-bond donors (Lipinski definition) is 0. The molecule has 0 aliphatic carbocycles. The fourth-order valence-electron chi connectivity index (χ4n) is 2.05. The van der Waals surface area contributed by atoms with Gasteiger partial charge in [-0.2, -0.15) is 0 Å². The minimum atomic E-state index is -3.43. The number of aryl methyl sites for hydroxylation is 1. The van der Waals surface area contributed by atoms with Crippen LogP contribution in [0.25, 0.3) is 0 Å². The van der Waals surface area contributed by atoms with Crippen molar-refractivity contribution in [1.29, 1.82) is 0 Å². The summed E-state index contributed by atoms with van der Waals surface area (Å²) < 4.78 is 29.7. The summed E-state index contributed by atoms with van der Waals surface area (Å²) in [4.78, 5) is 13.8. The van der Waals surface area contributed by atoms with Crippen molar-refractivity contribution in [3.8, 4) is 0 Å². The minimum Gasteiger partial charge on any atom is -0.464 e. The molecule has 1 aromatic heterocycles. The van der Waals surface area contributed by atoms with Crippen molar-refractivity contribution in [2.24, 2.45) is 0 Å². The van der Waals surface area contributed by atoms with E-state index in [0.717, 1.165) is 5.76 Å². The van der Waals surface area contributed by atoms with Crippen molar-refractivity contribution in [3.63, 3.8) is 0 Å². The van der Waals surface area contributed by atoms with Crippen LogP contribution in [0.4, 0.5) is 0 Å². The monoisotopic (exact) mass is 321 g/mol. The second-order valence-electron chi connectivity index (χ2n) is 5.14. The number of sulfone groups is 1. The van der Waals surface area contributed by atoms with Crippen molar-refractivity contribution in [2.45, 2.75) is 24.8 Å². The molecule has 2 aromatic rings. The second-order valence-corrected chi connectivity index (χ2v) is 7.25. The number of carbonyl (C=O) groups is 1. The van der Waals surface area contributed by atoms with Crippen LogP contribution in [-0.2, 0) is 21.2 Å². The fraction of sp³-hybridized carbons (Fsp3) is 0.312. The van der Waals surface area contributed by atoms with Gasteiger partial charge in [0.25, 0.3) is 0 Å². The first-order valence-corrected chi connectivity index (χ1v) is 8.61. The molecule has 1 aromatic carbocycles. The van der Waals surface area contributed by atoms with E-state index in [9.17, 15) is 13.2 Å². The Hall–Kier alpha value is -2.08. The Kier molecular flexibility index (Phi) is 5.03. The molecule has 5 nitrogen and oxygen atoms in total. The summed E-state index contributed by atoms with van der Waals surface area (Å²) >= 11 is 0. The van der Waals surface area contributed by atoms with Gasteiger partial charge in [0.15, 0.2) is 9.84 Å². The quantitative estimate of drug-likeness (QED) is 0.819. The summed E-state index contributed by atoms with van der Waals surface area (Å²) in [5.41, 5.74) is 0. The summed E-state index contributed by atoms with van der Waals surface area (Å²) in [6.45, 7) is 2.16. The lowest BCUT2D eigenvalue weighted by Gasteiger charge is -2.15. The van der Waals surface area contributed by atoms with Crippen molar-refractivity contribution < 1.29 is 17.6 Å². The average Bonchev–Trinajstić information content (AvgIpc) is 2.91. The highest BCUT2D eigenvalue weighted by atomic mass is 32.2. The molecule has 0 spiro atoms. The molecule has 0 saturated carbocycles. The maximum Gasteiger partial charge on any atom is 0.223 e. The number of hydrogen-bond acceptors (Lipinski definition) is 4. The standard InChI is InChI=1S/C16H19NO4S/c1-13-8-9-14(21-13)12-17(2)16(18)10-11-22(19,20)15-6-4-3-5-7-15/h3-9H,10-12H2,1-2H3. The van der Waals surface area contributed by atoms with E-state index in [1.165, 1.54) is 17.0 Å². The van der Waals surface area contributed by atoms with Crippen molar-refractivity contribution in [1.82, 2.24) is 4.90 Å². The molecule has 1 heterocycles. The molecule has 0 aliphatic rings. The third-order valence-electron chi connectivity index (χ3n) is 3.30. The third-order valence-corrected chi connectivity index (χ3v) is 5.03. The lowest BCUT2D eigenvalue weighted by atomic mass is 10.3. The molecule has 22 heavy (non-hydrogen) atoms. The zero-order valence-corrected chi connectivity index (χ0v) is 13.5.